The summed E-state index contributed by atoms with van der Waals surface area (Å²) in [4.78, 5) is 23.5. The summed E-state index contributed by atoms with van der Waals surface area (Å²) in [7, 11) is 0. The summed E-state index contributed by atoms with van der Waals surface area (Å²) >= 11 is 0. The molecule has 0 spiro atoms. The Morgan fingerprint density at radius 3 is 2.83 bits per heavy atom. The van der Waals surface area contributed by atoms with Crippen LogP contribution in [0.3, 0.4) is 0 Å². The van der Waals surface area contributed by atoms with E-state index in [0.29, 0.717) is 25.5 Å². The van der Waals surface area contributed by atoms with Gasteiger partial charge in [-0.05, 0) is 32.1 Å². The molecule has 1 aliphatic heterocycles. The van der Waals surface area contributed by atoms with Crippen molar-refractivity contribution in [2.45, 2.75) is 52.2 Å². The summed E-state index contributed by atoms with van der Waals surface area (Å²) in [6.45, 7) is 7.02. The number of nitrogens with one attached hydrogen (secondary N) is 2. The van der Waals surface area contributed by atoms with Gasteiger partial charge in [-0.15, -0.1) is 0 Å². The molecular formula is C13H24N2O3. The van der Waals surface area contributed by atoms with Gasteiger partial charge in [0.1, 0.15) is 12.1 Å². The molecule has 5 heteroatoms. The predicted octanol–water partition coefficient (Wildman–Crippen LogP) is 0.832. The largest absolute Gasteiger partial charge is 0.368 e. The van der Waals surface area contributed by atoms with Crippen molar-refractivity contribution < 1.29 is 14.3 Å². The normalized spacial score (nSPS) is 22.2. The Morgan fingerprint density at radius 1 is 1.44 bits per heavy atom. The molecule has 0 aromatic rings. The minimum atomic E-state index is -0.511. The maximum atomic E-state index is 11.9. The van der Waals surface area contributed by atoms with Crippen molar-refractivity contribution >= 4 is 11.8 Å². The first-order chi connectivity index (χ1) is 8.50. The SMILES string of the molecule is CC(C)CO[C@H](C)C(=O)N[C@@H]1CCCCNC1=O. The molecule has 2 atom stereocenters. The Morgan fingerprint density at radius 2 is 2.17 bits per heavy atom. The quantitative estimate of drug-likeness (QED) is 0.765. The highest BCUT2D eigenvalue weighted by atomic mass is 16.5. The van der Waals surface area contributed by atoms with Gasteiger partial charge in [-0.1, -0.05) is 13.8 Å². The van der Waals surface area contributed by atoms with E-state index in [0.717, 1.165) is 12.8 Å². The highest BCUT2D eigenvalue weighted by Gasteiger charge is 2.24. The van der Waals surface area contributed by atoms with Crippen LogP contribution >= 0.6 is 0 Å². The van der Waals surface area contributed by atoms with Crippen molar-refractivity contribution in [2.75, 3.05) is 13.2 Å². The highest BCUT2D eigenvalue weighted by molar-refractivity contribution is 5.89. The van der Waals surface area contributed by atoms with Gasteiger partial charge in [-0.25, -0.2) is 0 Å². The molecule has 1 rings (SSSR count). The molecule has 104 valence electrons. The molecule has 0 bridgehead atoms. The number of hydrogen-bond donors (Lipinski definition) is 2. The van der Waals surface area contributed by atoms with Crippen LogP contribution in [-0.2, 0) is 14.3 Å². The molecule has 5 nitrogen and oxygen atoms in total. The van der Waals surface area contributed by atoms with Crippen LogP contribution in [0.2, 0.25) is 0 Å². The van der Waals surface area contributed by atoms with Crippen LogP contribution in [0.5, 0.6) is 0 Å². The third kappa shape index (κ3) is 5.04. The summed E-state index contributed by atoms with van der Waals surface area (Å²) in [6, 6.07) is -0.412. The third-order valence-electron chi connectivity index (χ3n) is 2.90. The number of carbonyl (C=O) groups excluding carboxylic acids is 2. The van der Waals surface area contributed by atoms with Gasteiger partial charge in [-0.2, -0.15) is 0 Å². The lowest BCUT2D eigenvalue weighted by atomic mass is 10.1. The van der Waals surface area contributed by atoms with Crippen molar-refractivity contribution in [3.05, 3.63) is 0 Å². The summed E-state index contributed by atoms with van der Waals surface area (Å²) in [5, 5.41) is 5.55. The van der Waals surface area contributed by atoms with Crippen LogP contribution in [0, 0.1) is 5.92 Å². The molecule has 2 amide bonds. The second-order valence-electron chi connectivity index (χ2n) is 5.22. The number of amides is 2. The van der Waals surface area contributed by atoms with Crippen molar-refractivity contribution in [1.29, 1.82) is 0 Å². The maximum absolute atomic E-state index is 11.9. The molecule has 2 N–H and O–H groups in total. The van der Waals surface area contributed by atoms with Gasteiger partial charge in [0.15, 0.2) is 0 Å². The van der Waals surface area contributed by atoms with Gasteiger partial charge in [-0.3, -0.25) is 9.59 Å². The average molecular weight is 256 g/mol. The summed E-state index contributed by atoms with van der Waals surface area (Å²) in [5.74, 6) is 0.0936. The molecule has 1 aliphatic rings. The lowest BCUT2D eigenvalue weighted by molar-refractivity contribution is -0.136. The van der Waals surface area contributed by atoms with Crippen molar-refractivity contribution in [3.8, 4) is 0 Å². The second-order valence-corrected chi connectivity index (χ2v) is 5.22. The van der Waals surface area contributed by atoms with Gasteiger partial charge in [0.05, 0.1) is 0 Å². The van der Waals surface area contributed by atoms with Gasteiger partial charge >= 0.3 is 0 Å². The van der Waals surface area contributed by atoms with E-state index in [2.05, 4.69) is 10.6 Å². The van der Waals surface area contributed by atoms with E-state index in [9.17, 15) is 9.59 Å². The molecule has 1 fully saturated rings. The van der Waals surface area contributed by atoms with E-state index in [1.165, 1.54) is 0 Å². The van der Waals surface area contributed by atoms with E-state index in [1.807, 2.05) is 13.8 Å². The van der Waals surface area contributed by atoms with E-state index >= 15 is 0 Å². The van der Waals surface area contributed by atoms with Crippen LogP contribution in [0.1, 0.15) is 40.0 Å². The fourth-order valence-electron chi connectivity index (χ4n) is 1.78. The Kier molecular flexibility index (Phi) is 6.12. The molecule has 0 aromatic carbocycles. The maximum Gasteiger partial charge on any atom is 0.249 e. The fourth-order valence-corrected chi connectivity index (χ4v) is 1.78. The molecule has 18 heavy (non-hydrogen) atoms. The Hall–Kier alpha value is -1.10. The van der Waals surface area contributed by atoms with Gasteiger partial charge < -0.3 is 15.4 Å². The van der Waals surface area contributed by atoms with Crippen LogP contribution < -0.4 is 10.6 Å². The van der Waals surface area contributed by atoms with Crippen LogP contribution in [-0.4, -0.2) is 37.1 Å². The first kappa shape index (κ1) is 15.0. The molecule has 1 saturated heterocycles. The van der Waals surface area contributed by atoms with Crippen molar-refractivity contribution in [2.24, 2.45) is 5.92 Å². The molecule has 0 aliphatic carbocycles. The Balaban J connectivity index is 2.39. The average Bonchev–Trinajstić information content (AvgIpc) is 2.51. The minimum Gasteiger partial charge on any atom is -0.368 e. The Bertz CT molecular complexity index is 292. The first-order valence-electron chi connectivity index (χ1n) is 6.70. The van der Waals surface area contributed by atoms with Crippen LogP contribution in [0.4, 0.5) is 0 Å². The minimum absolute atomic E-state index is 0.0862. The van der Waals surface area contributed by atoms with E-state index in [-0.39, 0.29) is 11.8 Å². The predicted molar refractivity (Wildman–Crippen MR) is 69.0 cm³/mol. The Labute approximate surface area is 109 Å². The standard InChI is InChI=1S/C13H24N2O3/c1-9(2)8-18-10(3)12(16)15-11-6-4-5-7-14-13(11)17/h9-11H,4-8H2,1-3H3,(H,14,17)(H,15,16)/t10-,11-/m1/s1. The summed E-state index contributed by atoms with van der Waals surface area (Å²) in [5.41, 5.74) is 0. The zero-order valence-electron chi connectivity index (χ0n) is 11.5. The van der Waals surface area contributed by atoms with E-state index < -0.39 is 12.1 Å². The molecule has 1 heterocycles. The molecular weight excluding hydrogens is 232 g/mol. The number of carbonyl (C=O) groups is 2. The molecule has 0 saturated carbocycles. The van der Waals surface area contributed by atoms with Crippen molar-refractivity contribution in [1.82, 2.24) is 10.6 Å². The van der Waals surface area contributed by atoms with E-state index in [4.69, 9.17) is 4.74 Å². The number of hydrogen-bond acceptors (Lipinski definition) is 3. The van der Waals surface area contributed by atoms with Gasteiger partial charge in [0.25, 0.3) is 0 Å². The zero-order valence-corrected chi connectivity index (χ0v) is 11.5. The molecule has 0 unspecified atom stereocenters. The van der Waals surface area contributed by atoms with Crippen LogP contribution in [0.15, 0.2) is 0 Å². The lowest BCUT2D eigenvalue weighted by Crippen LogP contribution is -2.48. The van der Waals surface area contributed by atoms with Crippen LogP contribution in [0.25, 0.3) is 0 Å². The zero-order chi connectivity index (χ0) is 13.5. The summed E-state index contributed by atoms with van der Waals surface area (Å²) < 4.78 is 5.43. The molecule has 0 aromatic heterocycles. The summed E-state index contributed by atoms with van der Waals surface area (Å²) in [6.07, 6.45) is 2.11. The highest BCUT2D eigenvalue weighted by Crippen LogP contribution is 2.06. The van der Waals surface area contributed by atoms with Gasteiger partial charge in [0, 0.05) is 13.2 Å². The monoisotopic (exact) mass is 256 g/mol. The molecule has 0 radical (unpaired) electrons. The van der Waals surface area contributed by atoms with E-state index in [1.54, 1.807) is 6.92 Å². The second kappa shape index (κ2) is 7.36. The smallest absolute Gasteiger partial charge is 0.249 e. The lowest BCUT2D eigenvalue weighted by Gasteiger charge is -2.19. The number of rotatable bonds is 5. The first-order valence-corrected chi connectivity index (χ1v) is 6.70. The van der Waals surface area contributed by atoms with Gasteiger partial charge in [0.2, 0.25) is 11.8 Å². The topological polar surface area (TPSA) is 67.4 Å². The van der Waals surface area contributed by atoms with Crippen molar-refractivity contribution in [3.63, 3.8) is 0 Å². The fraction of sp³-hybridized carbons (Fsp3) is 0.846. The third-order valence-corrected chi connectivity index (χ3v) is 2.90. The number of ether oxygens (including phenoxy) is 1.